The number of rotatable bonds is 1. The second-order valence-electron chi connectivity index (χ2n) is 1.62. The Bertz CT molecular complexity index is 270. The maximum atomic E-state index is 11.7. The number of H-pyrrole nitrogens is 1. The summed E-state index contributed by atoms with van der Waals surface area (Å²) in [5.74, 6) is -0.590. The molecule has 0 amide bonds. The van der Waals surface area contributed by atoms with Gasteiger partial charge < -0.3 is 4.98 Å². The number of hydrogen-bond acceptors (Lipinski definition) is 2. The minimum Gasteiger partial charge on any atom is -0.306 e. The van der Waals surface area contributed by atoms with Crippen molar-refractivity contribution in [1.82, 2.24) is 9.97 Å². The van der Waals surface area contributed by atoms with Crippen molar-refractivity contribution < 1.29 is 8.78 Å². The summed E-state index contributed by atoms with van der Waals surface area (Å²) in [7, 11) is 0. The standard InChI is InChI=1S/C5H4F2N2O/c6-4(7)5-8-2-1-3(10)9-5/h1-2,4H,(H,8,9,10). The highest BCUT2D eigenvalue weighted by Gasteiger charge is 2.07. The Labute approximate surface area is 54.7 Å². The summed E-state index contributed by atoms with van der Waals surface area (Å²) < 4.78 is 23.4. The van der Waals surface area contributed by atoms with Gasteiger partial charge in [-0.3, -0.25) is 4.79 Å². The van der Waals surface area contributed by atoms with E-state index in [0.717, 1.165) is 12.3 Å². The van der Waals surface area contributed by atoms with Crippen LogP contribution in [0.1, 0.15) is 12.2 Å². The Balaban J connectivity index is 3.07. The molecule has 0 radical (unpaired) electrons. The van der Waals surface area contributed by atoms with E-state index in [4.69, 9.17) is 0 Å². The van der Waals surface area contributed by atoms with Crippen molar-refractivity contribution in [3.8, 4) is 0 Å². The molecule has 0 spiro atoms. The van der Waals surface area contributed by atoms with Crippen molar-refractivity contribution in [2.24, 2.45) is 0 Å². The van der Waals surface area contributed by atoms with E-state index in [-0.39, 0.29) is 0 Å². The lowest BCUT2D eigenvalue weighted by atomic mass is 10.6. The van der Waals surface area contributed by atoms with Gasteiger partial charge in [0.05, 0.1) is 0 Å². The number of aromatic amines is 1. The van der Waals surface area contributed by atoms with Gasteiger partial charge in [0.15, 0.2) is 5.82 Å². The maximum absolute atomic E-state index is 11.7. The Morgan fingerprint density at radius 3 is 2.70 bits per heavy atom. The molecule has 0 bridgehead atoms. The molecule has 0 saturated carbocycles. The van der Waals surface area contributed by atoms with E-state index in [1.807, 2.05) is 4.98 Å². The minimum absolute atomic E-state index is 0.565. The molecule has 0 aliphatic carbocycles. The number of halogens is 2. The third-order valence-electron chi connectivity index (χ3n) is 0.898. The van der Waals surface area contributed by atoms with Gasteiger partial charge in [-0.05, 0) is 0 Å². The predicted molar refractivity (Wildman–Crippen MR) is 29.8 cm³/mol. The normalized spacial score (nSPS) is 10.3. The zero-order valence-electron chi connectivity index (χ0n) is 4.84. The highest BCUT2D eigenvalue weighted by Crippen LogP contribution is 2.10. The minimum atomic E-state index is -2.71. The van der Waals surface area contributed by atoms with Crippen LogP contribution in [0.5, 0.6) is 0 Å². The molecule has 1 aromatic heterocycles. The van der Waals surface area contributed by atoms with Crippen LogP contribution < -0.4 is 5.56 Å². The van der Waals surface area contributed by atoms with Crippen molar-refractivity contribution in [3.63, 3.8) is 0 Å². The second kappa shape index (κ2) is 2.55. The molecule has 0 aromatic carbocycles. The van der Waals surface area contributed by atoms with Crippen LogP contribution in [0.4, 0.5) is 8.78 Å². The number of nitrogens with one attached hydrogen (secondary N) is 1. The Morgan fingerprint density at radius 1 is 1.60 bits per heavy atom. The Morgan fingerprint density at radius 2 is 2.30 bits per heavy atom. The molecule has 10 heavy (non-hydrogen) atoms. The summed E-state index contributed by atoms with van der Waals surface area (Å²) in [4.78, 5) is 15.5. The first-order valence-electron chi connectivity index (χ1n) is 2.53. The van der Waals surface area contributed by atoms with Gasteiger partial charge in [0, 0.05) is 12.3 Å². The summed E-state index contributed by atoms with van der Waals surface area (Å²) in [5, 5.41) is 0. The first-order valence-corrected chi connectivity index (χ1v) is 2.53. The van der Waals surface area contributed by atoms with Crippen LogP contribution in [0.25, 0.3) is 0 Å². The lowest BCUT2D eigenvalue weighted by Crippen LogP contribution is -2.08. The van der Waals surface area contributed by atoms with Gasteiger partial charge in [0.1, 0.15) is 0 Å². The van der Waals surface area contributed by atoms with Gasteiger partial charge in [0.25, 0.3) is 12.0 Å². The average Bonchev–Trinajstić information content (AvgIpc) is 1.88. The van der Waals surface area contributed by atoms with Gasteiger partial charge >= 0.3 is 0 Å². The van der Waals surface area contributed by atoms with Crippen molar-refractivity contribution in [2.75, 3.05) is 0 Å². The number of hydrogen-bond donors (Lipinski definition) is 1. The molecular weight excluding hydrogens is 142 g/mol. The van der Waals surface area contributed by atoms with Crippen molar-refractivity contribution in [1.29, 1.82) is 0 Å². The summed E-state index contributed by atoms with van der Waals surface area (Å²) in [5.41, 5.74) is -0.565. The van der Waals surface area contributed by atoms with E-state index in [1.165, 1.54) is 0 Å². The molecule has 0 fully saturated rings. The highest BCUT2D eigenvalue weighted by atomic mass is 19.3. The van der Waals surface area contributed by atoms with Crippen LogP contribution in [0.3, 0.4) is 0 Å². The first-order chi connectivity index (χ1) is 4.70. The van der Waals surface area contributed by atoms with Gasteiger partial charge in [-0.15, -0.1) is 0 Å². The molecule has 1 aromatic rings. The third-order valence-corrected chi connectivity index (χ3v) is 0.898. The maximum Gasteiger partial charge on any atom is 0.295 e. The fraction of sp³-hybridized carbons (Fsp3) is 0.200. The number of aromatic nitrogens is 2. The smallest absolute Gasteiger partial charge is 0.295 e. The molecule has 3 nitrogen and oxygen atoms in total. The molecule has 0 aliphatic rings. The van der Waals surface area contributed by atoms with Gasteiger partial charge in [-0.1, -0.05) is 0 Å². The summed E-state index contributed by atoms with van der Waals surface area (Å²) in [6.07, 6.45) is -1.67. The molecular formula is C5H4F2N2O. The summed E-state index contributed by atoms with van der Waals surface area (Å²) >= 11 is 0. The zero-order chi connectivity index (χ0) is 7.56. The molecule has 0 saturated heterocycles. The zero-order valence-corrected chi connectivity index (χ0v) is 4.84. The highest BCUT2D eigenvalue weighted by molar-refractivity contribution is 4.89. The number of nitrogens with zero attached hydrogens (tertiary/aromatic N) is 1. The van der Waals surface area contributed by atoms with E-state index < -0.39 is 17.8 Å². The number of alkyl halides is 2. The van der Waals surface area contributed by atoms with Crippen LogP contribution in [-0.4, -0.2) is 9.97 Å². The topological polar surface area (TPSA) is 45.8 Å². The fourth-order valence-electron chi connectivity index (χ4n) is 0.496. The van der Waals surface area contributed by atoms with E-state index in [2.05, 4.69) is 4.98 Å². The molecule has 5 heteroatoms. The fourth-order valence-corrected chi connectivity index (χ4v) is 0.496. The van der Waals surface area contributed by atoms with Gasteiger partial charge in [-0.2, -0.15) is 0 Å². The van der Waals surface area contributed by atoms with E-state index in [1.54, 1.807) is 0 Å². The third kappa shape index (κ3) is 1.37. The average molecular weight is 146 g/mol. The van der Waals surface area contributed by atoms with E-state index >= 15 is 0 Å². The summed E-state index contributed by atoms with van der Waals surface area (Å²) in [6.45, 7) is 0. The quantitative estimate of drug-likeness (QED) is 0.634. The van der Waals surface area contributed by atoms with Crippen molar-refractivity contribution in [2.45, 2.75) is 6.43 Å². The SMILES string of the molecule is O=c1ccnc(C(F)F)[nH]1. The molecule has 1 N–H and O–H groups in total. The molecule has 0 unspecified atom stereocenters. The van der Waals surface area contributed by atoms with Crippen LogP contribution in [0.15, 0.2) is 17.1 Å². The van der Waals surface area contributed by atoms with Gasteiger partial charge in [-0.25, -0.2) is 13.8 Å². The monoisotopic (exact) mass is 146 g/mol. The largest absolute Gasteiger partial charge is 0.306 e. The van der Waals surface area contributed by atoms with Crippen LogP contribution in [-0.2, 0) is 0 Å². The first kappa shape index (κ1) is 6.85. The second-order valence-corrected chi connectivity index (χ2v) is 1.62. The van der Waals surface area contributed by atoms with Crippen LogP contribution >= 0.6 is 0 Å². The van der Waals surface area contributed by atoms with Crippen LogP contribution in [0, 0.1) is 0 Å². The molecule has 1 rings (SSSR count). The van der Waals surface area contributed by atoms with Crippen molar-refractivity contribution in [3.05, 3.63) is 28.4 Å². The Kier molecular flexibility index (Phi) is 1.75. The molecule has 0 aliphatic heterocycles. The summed E-state index contributed by atoms with van der Waals surface area (Å²) in [6, 6.07) is 1.08. The van der Waals surface area contributed by atoms with Crippen molar-refractivity contribution >= 4 is 0 Å². The van der Waals surface area contributed by atoms with E-state index in [9.17, 15) is 13.6 Å². The molecule has 1 heterocycles. The predicted octanol–water partition coefficient (Wildman–Crippen LogP) is 0.708. The molecule has 0 atom stereocenters. The van der Waals surface area contributed by atoms with Gasteiger partial charge in [0.2, 0.25) is 0 Å². The lowest BCUT2D eigenvalue weighted by Gasteiger charge is -1.93. The molecule has 54 valence electrons. The lowest BCUT2D eigenvalue weighted by molar-refractivity contribution is 0.140. The Hall–Kier alpha value is -1.26. The van der Waals surface area contributed by atoms with Crippen LogP contribution in [0.2, 0.25) is 0 Å². The van der Waals surface area contributed by atoms with E-state index in [0.29, 0.717) is 0 Å².